The normalized spacial score (nSPS) is 25.8. The van der Waals surface area contributed by atoms with Gasteiger partial charge in [-0.2, -0.15) is 0 Å². The molecule has 3 fully saturated rings. The zero-order valence-corrected chi connectivity index (χ0v) is 15.2. The third kappa shape index (κ3) is 4.11. The van der Waals surface area contributed by atoms with E-state index in [1.54, 1.807) is 0 Å². The SMILES string of the molecule is Cc1ccnc(N2CCC(N3CCC[C@@H](C(=O)NC4CC4)C3)CC2)n1. The van der Waals surface area contributed by atoms with Gasteiger partial charge in [-0.1, -0.05) is 0 Å². The van der Waals surface area contributed by atoms with Crippen LogP contribution in [-0.4, -0.2) is 59.0 Å². The fourth-order valence-corrected chi connectivity index (χ4v) is 4.12. The summed E-state index contributed by atoms with van der Waals surface area (Å²) in [5, 5.41) is 3.19. The second kappa shape index (κ2) is 7.28. The molecule has 0 radical (unpaired) electrons. The molecule has 1 aromatic heterocycles. The summed E-state index contributed by atoms with van der Waals surface area (Å²) in [6, 6.07) is 3.01. The molecule has 25 heavy (non-hydrogen) atoms. The molecule has 4 rings (SSSR count). The summed E-state index contributed by atoms with van der Waals surface area (Å²) in [4.78, 5) is 26.2. The molecule has 0 spiro atoms. The molecular weight excluding hydrogens is 314 g/mol. The number of amides is 1. The fraction of sp³-hybridized carbons (Fsp3) is 0.737. The van der Waals surface area contributed by atoms with E-state index in [9.17, 15) is 4.79 Å². The molecule has 3 heterocycles. The first-order valence-electron chi connectivity index (χ1n) is 9.78. The molecule has 1 aromatic rings. The fourth-order valence-electron chi connectivity index (χ4n) is 4.12. The summed E-state index contributed by atoms with van der Waals surface area (Å²) >= 11 is 0. The van der Waals surface area contributed by atoms with Crippen molar-refractivity contribution in [2.45, 2.75) is 57.5 Å². The van der Waals surface area contributed by atoms with Crippen LogP contribution in [0.5, 0.6) is 0 Å². The van der Waals surface area contributed by atoms with Crippen molar-refractivity contribution in [3.8, 4) is 0 Å². The summed E-state index contributed by atoms with van der Waals surface area (Å²) in [6.07, 6.45) is 8.64. The third-order valence-electron chi connectivity index (χ3n) is 5.79. The Kier molecular flexibility index (Phi) is 4.88. The monoisotopic (exact) mass is 343 g/mol. The Balaban J connectivity index is 1.30. The largest absolute Gasteiger partial charge is 0.353 e. The lowest BCUT2D eigenvalue weighted by molar-refractivity contribution is -0.127. The number of anilines is 1. The van der Waals surface area contributed by atoms with E-state index in [-0.39, 0.29) is 11.8 Å². The van der Waals surface area contributed by atoms with Gasteiger partial charge < -0.3 is 10.2 Å². The molecule has 0 aromatic carbocycles. The molecule has 1 N–H and O–H groups in total. The molecule has 1 atom stereocenters. The summed E-state index contributed by atoms with van der Waals surface area (Å²) in [6.45, 7) is 6.09. The maximum Gasteiger partial charge on any atom is 0.225 e. The Morgan fingerprint density at radius 3 is 2.68 bits per heavy atom. The van der Waals surface area contributed by atoms with Crippen LogP contribution < -0.4 is 10.2 Å². The molecule has 1 amide bonds. The number of carbonyl (C=O) groups is 1. The van der Waals surface area contributed by atoms with Crippen LogP contribution in [0.3, 0.4) is 0 Å². The minimum absolute atomic E-state index is 0.187. The lowest BCUT2D eigenvalue weighted by Crippen LogP contribution is -2.51. The summed E-state index contributed by atoms with van der Waals surface area (Å²) in [5.41, 5.74) is 1.02. The number of rotatable bonds is 4. The molecular formula is C19H29N5O. The predicted octanol–water partition coefficient (Wildman–Crippen LogP) is 1.74. The Hall–Kier alpha value is -1.69. The number of nitrogens with one attached hydrogen (secondary N) is 1. The molecule has 6 nitrogen and oxygen atoms in total. The standard InChI is InChI=1S/C19H29N5O/c1-14-6-9-20-19(21-14)23-11-7-17(8-12-23)24-10-2-3-15(13-24)18(25)22-16-4-5-16/h6,9,15-17H,2-5,7-8,10-13H2,1H3,(H,22,25)/t15-/m1/s1. The van der Waals surface area contributed by atoms with Gasteiger partial charge in [0.2, 0.25) is 11.9 Å². The lowest BCUT2D eigenvalue weighted by atomic mass is 9.93. The Morgan fingerprint density at radius 1 is 1.16 bits per heavy atom. The van der Waals surface area contributed by atoms with Crippen molar-refractivity contribution in [2.24, 2.45) is 5.92 Å². The maximum absolute atomic E-state index is 12.4. The highest BCUT2D eigenvalue weighted by Gasteiger charge is 2.34. The first-order chi connectivity index (χ1) is 12.2. The van der Waals surface area contributed by atoms with Crippen molar-refractivity contribution in [3.63, 3.8) is 0 Å². The molecule has 2 saturated heterocycles. The Labute approximate surface area is 150 Å². The second-order valence-corrected chi connectivity index (χ2v) is 7.83. The van der Waals surface area contributed by atoms with Gasteiger partial charge >= 0.3 is 0 Å². The highest BCUT2D eigenvalue weighted by Crippen LogP contribution is 2.26. The number of likely N-dealkylation sites (tertiary alicyclic amines) is 1. The number of carbonyl (C=O) groups excluding carboxylic acids is 1. The van der Waals surface area contributed by atoms with E-state index >= 15 is 0 Å². The van der Waals surface area contributed by atoms with Crippen molar-refractivity contribution < 1.29 is 4.79 Å². The van der Waals surface area contributed by atoms with Crippen LogP contribution in [-0.2, 0) is 4.79 Å². The van der Waals surface area contributed by atoms with Crippen molar-refractivity contribution in [3.05, 3.63) is 18.0 Å². The number of piperidine rings is 2. The van der Waals surface area contributed by atoms with Crippen LogP contribution in [0.2, 0.25) is 0 Å². The summed E-state index contributed by atoms with van der Waals surface area (Å²) < 4.78 is 0. The van der Waals surface area contributed by atoms with E-state index in [1.165, 1.54) is 12.8 Å². The molecule has 1 aliphatic carbocycles. The van der Waals surface area contributed by atoms with Gasteiger partial charge in [0.05, 0.1) is 5.92 Å². The first-order valence-corrected chi connectivity index (χ1v) is 9.78. The minimum Gasteiger partial charge on any atom is -0.353 e. The van der Waals surface area contributed by atoms with Crippen molar-refractivity contribution in [1.82, 2.24) is 20.2 Å². The molecule has 1 saturated carbocycles. The van der Waals surface area contributed by atoms with Crippen LogP contribution >= 0.6 is 0 Å². The van der Waals surface area contributed by atoms with E-state index in [2.05, 4.69) is 25.1 Å². The number of aromatic nitrogens is 2. The van der Waals surface area contributed by atoms with E-state index in [4.69, 9.17) is 0 Å². The van der Waals surface area contributed by atoms with Crippen LogP contribution in [0, 0.1) is 12.8 Å². The number of nitrogens with zero attached hydrogens (tertiary/aromatic N) is 4. The quantitative estimate of drug-likeness (QED) is 0.902. The van der Waals surface area contributed by atoms with Gasteiger partial charge in [-0.3, -0.25) is 9.69 Å². The van der Waals surface area contributed by atoms with Crippen LogP contribution in [0.15, 0.2) is 12.3 Å². The summed E-state index contributed by atoms with van der Waals surface area (Å²) in [7, 11) is 0. The molecule has 0 bridgehead atoms. The second-order valence-electron chi connectivity index (χ2n) is 7.83. The molecule has 3 aliphatic rings. The van der Waals surface area contributed by atoms with Crippen molar-refractivity contribution in [2.75, 3.05) is 31.1 Å². The van der Waals surface area contributed by atoms with Gasteiger partial charge in [0.1, 0.15) is 0 Å². The predicted molar refractivity (Wildman–Crippen MR) is 97.5 cm³/mol. The van der Waals surface area contributed by atoms with Gasteiger partial charge in [-0.05, 0) is 58.1 Å². The number of aryl methyl sites for hydroxylation is 1. The van der Waals surface area contributed by atoms with E-state index in [0.717, 1.165) is 63.5 Å². The van der Waals surface area contributed by atoms with E-state index in [1.807, 2.05) is 19.2 Å². The van der Waals surface area contributed by atoms with Gasteiger partial charge in [0.25, 0.3) is 0 Å². The topological polar surface area (TPSA) is 61.4 Å². The maximum atomic E-state index is 12.4. The van der Waals surface area contributed by atoms with Crippen LogP contribution in [0.1, 0.15) is 44.2 Å². The third-order valence-corrected chi connectivity index (χ3v) is 5.79. The smallest absolute Gasteiger partial charge is 0.225 e. The Bertz CT molecular complexity index is 610. The van der Waals surface area contributed by atoms with Gasteiger partial charge in [-0.25, -0.2) is 9.97 Å². The zero-order valence-electron chi connectivity index (χ0n) is 15.2. The average Bonchev–Trinajstić information content (AvgIpc) is 3.46. The molecule has 0 unspecified atom stereocenters. The highest BCUT2D eigenvalue weighted by molar-refractivity contribution is 5.79. The van der Waals surface area contributed by atoms with Crippen LogP contribution in [0.4, 0.5) is 5.95 Å². The number of hydrogen-bond acceptors (Lipinski definition) is 5. The summed E-state index contributed by atoms with van der Waals surface area (Å²) in [5.74, 6) is 1.34. The van der Waals surface area contributed by atoms with Crippen LogP contribution in [0.25, 0.3) is 0 Å². The van der Waals surface area contributed by atoms with Crippen molar-refractivity contribution >= 4 is 11.9 Å². The minimum atomic E-state index is 0.187. The van der Waals surface area contributed by atoms with Crippen molar-refractivity contribution in [1.29, 1.82) is 0 Å². The first kappa shape index (κ1) is 16.8. The highest BCUT2D eigenvalue weighted by atomic mass is 16.2. The van der Waals surface area contributed by atoms with Gasteiger partial charge in [0.15, 0.2) is 0 Å². The molecule has 136 valence electrons. The lowest BCUT2D eigenvalue weighted by Gasteiger charge is -2.42. The Morgan fingerprint density at radius 2 is 1.96 bits per heavy atom. The zero-order chi connectivity index (χ0) is 17.2. The molecule has 2 aliphatic heterocycles. The van der Waals surface area contributed by atoms with Gasteiger partial charge in [-0.15, -0.1) is 0 Å². The average molecular weight is 343 g/mol. The van der Waals surface area contributed by atoms with E-state index in [0.29, 0.717) is 12.1 Å². The molecule has 6 heteroatoms. The van der Waals surface area contributed by atoms with E-state index < -0.39 is 0 Å². The van der Waals surface area contributed by atoms with Gasteiger partial charge in [0, 0.05) is 43.6 Å². The number of hydrogen-bond donors (Lipinski definition) is 1.